The maximum Gasteiger partial charge on any atom is 0.277 e. The van der Waals surface area contributed by atoms with E-state index in [2.05, 4.69) is 25.9 Å². The molecule has 0 atom stereocenters. The van der Waals surface area contributed by atoms with Crippen molar-refractivity contribution in [3.63, 3.8) is 0 Å². The zero-order chi connectivity index (χ0) is 17.6. The zero-order valence-electron chi connectivity index (χ0n) is 12.8. The van der Waals surface area contributed by atoms with Crippen LogP contribution >= 0.6 is 15.9 Å². The number of nitrogens with one attached hydrogen (secondary N) is 1. The molecule has 0 saturated carbocycles. The molecule has 0 aliphatic carbocycles. The third kappa shape index (κ3) is 2.35. The number of aromatic hydroxyl groups is 1. The van der Waals surface area contributed by atoms with Crippen LogP contribution in [0.4, 0.5) is 5.69 Å². The number of nitro groups is 1. The molecule has 122 valence electrons. The Kier molecular flexibility index (Phi) is 3.84. The Labute approximate surface area is 144 Å². The van der Waals surface area contributed by atoms with Crippen LogP contribution in [0.5, 0.6) is 5.75 Å². The van der Waals surface area contributed by atoms with Crippen molar-refractivity contribution >= 4 is 32.5 Å². The number of nitrogens with zero attached hydrogens (tertiary/aromatic N) is 2. The number of rotatable bonds is 2. The molecule has 0 spiro atoms. The van der Waals surface area contributed by atoms with Crippen LogP contribution in [0.15, 0.2) is 33.5 Å². The molecule has 8 heteroatoms. The summed E-state index contributed by atoms with van der Waals surface area (Å²) in [5, 5.41) is 22.2. The molecule has 0 saturated heterocycles. The number of hydrogen-bond acceptors (Lipinski definition) is 5. The first-order chi connectivity index (χ1) is 11.3. The third-order valence-corrected chi connectivity index (χ3v) is 4.86. The summed E-state index contributed by atoms with van der Waals surface area (Å²) >= 11 is 3.17. The number of benzene rings is 2. The third-order valence-electron chi connectivity index (χ3n) is 3.89. The molecule has 1 heterocycles. The Morgan fingerprint density at radius 3 is 2.58 bits per heavy atom. The topological polar surface area (TPSA) is 109 Å². The second-order valence-electron chi connectivity index (χ2n) is 5.32. The molecule has 7 nitrogen and oxygen atoms in total. The van der Waals surface area contributed by atoms with Gasteiger partial charge in [-0.3, -0.25) is 14.9 Å². The summed E-state index contributed by atoms with van der Waals surface area (Å²) in [6.07, 6.45) is 0. The molecular weight excluding hydrogens is 378 g/mol. The van der Waals surface area contributed by atoms with Crippen molar-refractivity contribution in [3.05, 3.63) is 60.3 Å². The van der Waals surface area contributed by atoms with Gasteiger partial charge in [0.15, 0.2) is 0 Å². The maximum atomic E-state index is 12.2. The van der Waals surface area contributed by atoms with Crippen LogP contribution in [0.1, 0.15) is 11.1 Å². The Morgan fingerprint density at radius 1 is 1.25 bits per heavy atom. The summed E-state index contributed by atoms with van der Waals surface area (Å²) in [6, 6.07) is 6.75. The van der Waals surface area contributed by atoms with Gasteiger partial charge in [-0.2, -0.15) is 0 Å². The molecular formula is C16H12BrN3O4. The van der Waals surface area contributed by atoms with E-state index in [4.69, 9.17) is 0 Å². The second kappa shape index (κ2) is 5.72. The first-order valence-corrected chi connectivity index (χ1v) is 7.77. The fourth-order valence-corrected chi connectivity index (χ4v) is 3.12. The Morgan fingerprint density at radius 2 is 1.92 bits per heavy atom. The van der Waals surface area contributed by atoms with E-state index in [9.17, 15) is 20.0 Å². The highest BCUT2D eigenvalue weighted by atomic mass is 79.9. The summed E-state index contributed by atoms with van der Waals surface area (Å²) in [7, 11) is 0. The van der Waals surface area contributed by atoms with Gasteiger partial charge in [0, 0.05) is 11.1 Å². The summed E-state index contributed by atoms with van der Waals surface area (Å²) in [4.78, 5) is 30.0. The first-order valence-electron chi connectivity index (χ1n) is 6.98. The van der Waals surface area contributed by atoms with Crippen LogP contribution in [0, 0.1) is 24.0 Å². The van der Waals surface area contributed by atoms with E-state index in [1.807, 2.05) is 0 Å². The van der Waals surface area contributed by atoms with E-state index in [-0.39, 0.29) is 38.4 Å². The van der Waals surface area contributed by atoms with E-state index in [0.717, 1.165) is 0 Å². The van der Waals surface area contributed by atoms with Crippen LogP contribution in [-0.2, 0) is 0 Å². The predicted octanol–water partition coefficient (Wildman–Crippen LogP) is 3.58. The van der Waals surface area contributed by atoms with E-state index < -0.39 is 4.92 Å². The Bertz CT molecular complexity index is 1060. The van der Waals surface area contributed by atoms with Crippen LogP contribution in [-0.4, -0.2) is 20.0 Å². The molecule has 0 fully saturated rings. The average Bonchev–Trinajstić information content (AvgIpc) is 2.53. The standard InChI is InChI=1S/C16H12BrN3O4/c1-7-11(14(21)12(17)8(2)13(7)20(23)24)15-18-10-6-4-3-5-9(10)16(22)19-15/h3-6,21H,1-2H3,(H,18,19,22). The van der Waals surface area contributed by atoms with E-state index in [1.54, 1.807) is 24.3 Å². The fourth-order valence-electron chi connectivity index (χ4n) is 2.74. The summed E-state index contributed by atoms with van der Waals surface area (Å²) in [5.41, 5.74) is 0.592. The van der Waals surface area contributed by atoms with Crippen molar-refractivity contribution in [2.24, 2.45) is 0 Å². The van der Waals surface area contributed by atoms with Crippen LogP contribution in [0.3, 0.4) is 0 Å². The lowest BCUT2D eigenvalue weighted by molar-refractivity contribution is -0.386. The number of para-hydroxylation sites is 1. The number of nitro benzene ring substituents is 1. The highest BCUT2D eigenvalue weighted by molar-refractivity contribution is 9.10. The van der Waals surface area contributed by atoms with Crippen molar-refractivity contribution in [1.82, 2.24) is 9.97 Å². The molecule has 1 aromatic heterocycles. The summed E-state index contributed by atoms with van der Waals surface area (Å²) in [5.74, 6) is -0.119. The van der Waals surface area contributed by atoms with Crippen molar-refractivity contribution in [2.75, 3.05) is 0 Å². The number of hydrogen-bond donors (Lipinski definition) is 2. The van der Waals surface area contributed by atoms with Gasteiger partial charge in [-0.25, -0.2) is 4.98 Å². The largest absolute Gasteiger partial charge is 0.506 e. The number of fused-ring (bicyclic) bond motifs is 1. The van der Waals surface area contributed by atoms with Crippen LogP contribution in [0.25, 0.3) is 22.3 Å². The van der Waals surface area contributed by atoms with Crippen molar-refractivity contribution in [1.29, 1.82) is 0 Å². The van der Waals surface area contributed by atoms with E-state index in [0.29, 0.717) is 16.5 Å². The van der Waals surface area contributed by atoms with Gasteiger partial charge in [0.2, 0.25) is 0 Å². The Hall–Kier alpha value is -2.74. The molecule has 0 amide bonds. The first kappa shape index (κ1) is 16.1. The van der Waals surface area contributed by atoms with Gasteiger partial charge in [-0.15, -0.1) is 0 Å². The van der Waals surface area contributed by atoms with E-state index in [1.165, 1.54) is 13.8 Å². The molecule has 0 radical (unpaired) electrons. The van der Waals surface area contributed by atoms with Gasteiger partial charge in [-0.1, -0.05) is 12.1 Å². The summed E-state index contributed by atoms with van der Waals surface area (Å²) in [6.45, 7) is 3.05. The highest BCUT2D eigenvalue weighted by Crippen LogP contribution is 2.44. The minimum absolute atomic E-state index is 0.0810. The molecule has 3 rings (SSSR count). The number of aromatic amines is 1. The van der Waals surface area contributed by atoms with Gasteiger partial charge in [0.25, 0.3) is 11.2 Å². The molecule has 24 heavy (non-hydrogen) atoms. The number of H-pyrrole nitrogens is 1. The summed E-state index contributed by atoms with van der Waals surface area (Å²) < 4.78 is 0.200. The van der Waals surface area contributed by atoms with E-state index >= 15 is 0 Å². The molecule has 0 unspecified atom stereocenters. The minimum Gasteiger partial charge on any atom is -0.506 e. The lowest BCUT2D eigenvalue weighted by Crippen LogP contribution is -2.10. The smallest absolute Gasteiger partial charge is 0.277 e. The van der Waals surface area contributed by atoms with Gasteiger partial charge in [0.1, 0.15) is 11.6 Å². The fraction of sp³-hybridized carbons (Fsp3) is 0.125. The monoisotopic (exact) mass is 389 g/mol. The number of aromatic nitrogens is 2. The van der Waals surface area contributed by atoms with Gasteiger partial charge in [-0.05, 0) is 41.9 Å². The van der Waals surface area contributed by atoms with Crippen molar-refractivity contribution < 1.29 is 10.0 Å². The quantitative estimate of drug-likeness (QED) is 0.514. The van der Waals surface area contributed by atoms with Crippen molar-refractivity contribution in [2.45, 2.75) is 13.8 Å². The van der Waals surface area contributed by atoms with Gasteiger partial charge >= 0.3 is 0 Å². The average molecular weight is 390 g/mol. The molecule has 3 aromatic rings. The number of phenolic OH excluding ortho intramolecular Hbond substituents is 1. The van der Waals surface area contributed by atoms with Crippen LogP contribution in [0.2, 0.25) is 0 Å². The predicted molar refractivity (Wildman–Crippen MR) is 93.3 cm³/mol. The molecule has 0 bridgehead atoms. The molecule has 2 aromatic carbocycles. The zero-order valence-corrected chi connectivity index (χ0v) is 14.3. The minimum atomic E-state index is -0.516. The number of phenols is 1. The molecule has 0 aliphatic heterocycles. The molecule has 2 N–H and O–H groups in total. The normalized spacial score (nSPS) is 11.0. The van der Waals surface area contributed by atoms with Gasteiger partial charge in [0.05, 0.1) is 25.9 Å². The lowest BCUT2D eigenvalue weighted by atomic mass is 10.0. The van der Waals surface area contributed by atoms with Crippen LogP contribution < -0.4 is 5.56 Å². The lowest BCUT2D eigenvalue weighted by Gasteiger charge is -2.13. The number of halogens is 1. The molecule has 0 aliphatic rings. The SMILES string of the molecule is Cc1c(Br)c(O)c(-c2nc3ccccc3c(=O)[nH]2)c(C)c1[N+](=O)[O-]. The Balaban J connectivity index is 2.43. The van der Waals surface area contributed by atoms with Crippen molar-refractivity contribution in [3.8, 4) is 17.1 Å². The highest BCUT2D eigenvalue weighted by Gasteiger charge is 2.27. The van der Waals surface area contributed by atoms with Gasteiger partial charge < -0.3 is 10.1 Å². The maximum absolute atomic E-state index is 12.2. The second-order valence-corrected chi connectivity index (χ2v) is 6.12.